The summed E-state index contributed by atoms with van der Waals surface area (Å²) in [5.41, 5.74) is 1.13. The number of hydrogen-bond donors (Lipinski definition) is 2. The van der Waals surface area contributed by atoms with Gasteiger partial charge in [-0.05, 0) is 35.9 Å². The van der Waals surface area contributed by atoms with Gasteiger partial charge in [0.25, 0.3) is 11.8 Å². The number of carbonyl (C=O) groups excluding carboxylic acids is 2. The second-order valence-electron chi connectivity index (χ2n) is 6.89. The van der Waals surface area contributed by atoms with Gasteiger partial charge in [0, 0.05) is 0 Å². The summed E-state index contributed by atoms with van der Waals surface area (Å²) >= 11 is 0. The van der Waals surface area contributed by atoms with Gasteiger partial charge in [-0.1, -0.05) is 48.5 Å². The van der Waals surface area contributed by atoms with Crippen LogP contribution in [0.4, 0.5) is 11.4 Å². The number of benzene rings is 3. The number of anilines is 2. The van der Waals surface area contributed by atoms with Crippen LogP contribution in [0.3, 0.4) is 0 Å². The number of nitrogens with zero attached hydrogens (tertiary/aromatic N) is 1. The van der Waals surface area contributed by atoms with Crippen molar-refractivity contribution < 1.29 is 22.7 Å². The van der Waals surface area contributed by atoms with E-state index in [0.717, 1.165) is 0 Å². The van der Waals surface area contributed by atoms with E-state index >= 15 is 0 Å². The normalized spacial score (nSPS) is 15.7. The number of nitrogens with one attached hydrogen (secondary N) is 1. The van der Waals surface area contributed by atoms with Gasteiger partial charge >= 0.3 is 0 Å². The highest BCUT2D eigenvalue weighted by Crippen LogP contribution is 2.39. The zero-order valence-corrected chi connectivity index (χ0v) is 17.1. The van der Waals surface area contributed by atoms with E-state index in [1.165, 1.54) is 23.1 Å². The average Bonchev–Trinajstić information content (AvgIpc) is 2.76. The summed E-state index contributed by atoms with van der Waals surface area (Å²) in [6.07, 6.45) is 0. The molecule has 1 atom stereocenters. The van der Waals surface area contributed by atoms with Gasteiger partial charge in [0.2, 0.25) is 10.0 Å². The molecule has 9 heteroatoms. The fraction of sp³-hybridized carbons (Fsp3) is 0.0909. The highest BCUT2D eigenvalue weighted by molar-refractivity contribution is 7.89. The van der Waals surface area contributed by atoms with Crippen LogP contribution < -0.4 is 20.1 Å². The molecule has 3 N–H and O–H groups in total. The van der Waals surface area contributed by atoms with E-state index in [1.807, 2.05) is 6.07 Å². The van der Waals surface area contributed by atoms with Crippen molar-refractivity contribution in [3.05, 3.63) is 84.4 Å². The zero-order valence-electron chi connectivity index (χ0n) is 16.3. The first-order valence-corrected chi connectivity index (χ1v) is 10.9. The molecule has 3 aromatic carbocycles. The van der Waals surface area contributed by atoms with Crippen LogP contribution >= 0.6 is 0 Å². The third-order valence-corrected chi connectivity index (χ3v) is 5.72. The van der Waals surface area contributed by atoms with Crippen molar-refractivity contribution in [2.75, 3.05) is 16.8 Å². The Labute approximate surface area is 179 Å². The van der Waals surface area contributed by atoms with E-state index in [-0.39, 0.29) is 17.2 Å². The lowest BCUT2D eigenvalue weighted by Gasteiger charge is -2.36. The molecule has 0 spiro atoms. The topological polar surface area (TPSA) is 119 Å². The van der Waals surface area contributed by atoms with Crippen LogP contribution in [-0.4, -0.2) is 26.8 Å². The summed E-state index contributed by atoms with van der Waals surface area (Å²) in [6.45, 7) is -0.309. The van der Waals surface area contributed by atoms with Crippen LogP contribution in [0.25, 0.3) is 0 Å². The number of hydrogen-bond acceptors (Lipinski definition) is 5. The second-order valence-corrected chi connectivity index (χ2v) is 8.45. The van der Waals surface area contributed by atoms with E-state index in [1.54, 1.807) is 54.6 Å². The zero-order chi connectivity index (χ0) is 22.0. The predicted molar refractivity (Wildman–Crippen MR) is 115 cm³/mol. The van der Waals surface area contributed by atoms with Crippen LogP contribution in [0.5, 0.6) is 5.75 Å². The maximum Gasteiger partial charge on any atom is 0.265 e. The molecule has 0 aliphatic carbocycles. The van der Waals surface area contributed by atoms with Crippen LogP contribution in [-0.2, 0) is 19.6 Å². The molecule has 0 radical (unpaired) electrons. The standard InChI is InChI=1S/C22H19N3O5S/c23-31(28,29)17-11-12-19-18(13-17)24-22(27)21(15-7-3-1-4-8-15)25(19)20(26)14-30-16-9-5-2-6-10-16/h1-13,21H,14H2,(H,24,27)(H2,23,28,29). The summed E-state index contributed by atoms with van der Waals surface area (Å²) in [6, 6.07) is 20.7. The lowest BCUT2D eigenvalue weighted by molar-refractivity contribution is -0.125. The molecule has 0 fully saturated rings. The molecule has 2 amide bonds. The quantitative estimate of drug-likeness (QED) is 0.636. The smallest absolute Gasteiger partial charge is 0.265 e. The molecule has 1 heterocycles. The first-order chi connectivity index (χ1) is 14.8. The lowest BCUT2D eigenvalue weighted by atomic mass is 10.00. The van der Waals surface area contributed by atoms with E-state index < -0.39 is 27.9 Å². The van der Waals surface area contributed by atoms with E-state index in [4.69, 9.17) is 9.88 Å². The highest BCUT2D eigenvalue weighted by Gasteiger charge is 2.38. The monoisotopic (exact) mass is 437 g/mol. The van der Waals surface area contributed by atoms with Crippen molar-refractivity contribution >= 4 is 33.2 Å². The number of amides is 2. The summed E-state index contributed by atoms with van der Waals surface area (Å²) in [5.74, 6) is -0.422. The van der Waals surface area contributed by atoms with Crippen molar-refractivity contribution in [2.45, 2.75) is 10.9 Å². The minimum absolute atomic E-state index is 0.169. The number of carbonyl (C=O) groups is 2. The van der Waals surface area contributed by atoms with Gasteiger partial charge in [0.1, 0.15) is 11.8 Å². The molecule has 0 saturated carbocycles. The Bertz CT molecular complexity index is 1230. The molecule has 31 heavy (non-hydrogen) atoms. The van der Waals surface area contributed by atoms with Crippen molar-refractivity contribution in [3.8, 4) is 5.75 Å². The Morgan fingerprint density at radius 1 is 1.00 bits per heavy atom. The molecular weight excluding hydrogens is 418 g/mol. The van der Waals surface area contributed by atoms with Crippen LogP contribution in [0.15, 0.2) is 83.8 Å². The minimum Gasteiger partial charge on any atom is -0.484 e. The number of nitrogens with two attached hydrogens (primary N) is 1. The lowest BCUT2D eigenvalue weighted by Crippen LogP contribution is -2.47. The Hall–Kier alpha value is -3.69. The third kappa shape index (κ3) is 4.27. The molecule has 0 saturated heterocycles. The third-order valence-electron chi connectivity index (χ3n) is 4.81. The van der Waals surface area contributed by atoms with Crippen molar-refractivity contribution in [2.24, 2.45) is 5.14 Å². The molecule has 4 rings (SSSR count). The number of para-hydroxylation sites is 1. The molecule has 1 unspecified atom stereocenters. The Kier molecular flexibility index (Phi) is 5.45. The maximum absolute atomic E-state index is 13.2. The molecule has 8 nitrogen and oxygen atoms in total. The van der Waals surface area contributed by atoms with E-state index in [0.29, 0.717) is 17.0 Å². The fourth-order valence-corrected chi connectivity index (χ4v) is 3.95. The molecule has 1 aliphatic rings. The molecule has 1 aliphatic heterocycles. The van der Waals surface area contributed by atoms with Crippen molar-refractivity contribution in [3.63, 3.8) is 0 Å². The predicted octanol–water partition coefficient (Wildman–Crippen LogP) is 2.44. The summed E-state index contributed by atoms with van der Waals surface area (Å²) in [5, 5.41) is 7.89. The fourth-order valence-electron chi connectivity index (χ4n) is 3.41. The van der Waals surface area contributed by atoms with E-state index in [9.17, 15) is 18.0 Å². The van der Waals surface area contributed by atoms with Crippen LogP contribution in [0, 0.1) is 0 Å². The number of rotatable bonds is 5. The molecule has 3 aromatic rings. The second kappa shape index (κ2) is 8.21. The van der Waals surface area contributed by atoms with Crippen molar-refractivity contribution in [1.82, 2.24) is 0 Å². The summed E-state index contributed by atoms with van der Waals surface area (Å²) in [7, 11) is -3.98. The maximum atomic E-state index is 13.2. The number of primary sulfonamides is 1. The van der Waals surface area contributed by atoms with Crippen LogP contribution in [0.1, 0.15) is 11.6 Å². The number of ether oxygens (including phenoxy) is 1. The molecular formula is C22H19N3O5S. The van der Waals surface area contributed by atoms with Crippen molar-refractivity contribution in [1.29, 1.82) is 0 Å². The first kappa shape index (κ1) is 20.6. The van der Waals surface area contributed by atoms with E-state index in [2.05, 4.69) is 5.32 Å². The number of sulfonamides is 1. The van der Waals surface area contributed by atoms with Gasteiger partial charge < -0.3 is 10.1 Å². The Balaban J connectivity index is 1.75. The van der Waals surface area contributed by atoms with Gasteiger partial charge in [-0.2, -0.15) is 0 Å². The van der Waals surface area contributed by atoms with Gasteiger partial charge in [-0.25, -0.2) is 13.6 Å². The Morgan fingerprint density at radius 3 is 2.29 bits per heavy atom. The molecule has 0 aromatic heterocycles. The Morgan fingerprint density at radius 2 is 1.65 bits per heavy atom. The van der Waals surface area contributed by atoms with Gasteiger partial charge in [-0.15, -0.1) is 0 Å². The first-order valence-electron chi connectivity index (χ1n) is 9.37. The van der Waals surface area contributed by atoms with Gasteiger partial charge in [0.15, 0.2) is 6.61 Å². The molecule has 0 bridgehead atoms. The molecule has 158 valence electrons. The largest absolute Gasteiger partial charge is 0.484 e. The highest BCUT2D eigenvalue weighted by atomic mass is 32.2. The average molecular weight is 437 g/mol. The van der Waals surface area contributed by atoms with Gasteiger partial charge in [-0.3, -0.25) is 14.5 Å². The SMILES string of the molecule is NS(=O)(=O)c1ccc2c(c1)NC(=O)C(c1ccccc1)N2C(=O)COc1ccccc1. The van der Waals surface area contributed by atoms with Crippen LogP contribution in [0.2, 0.25) is 0 Å². The summed E-state index contributed by atoms with van der Waals surface area (Å²) in [4.78, 5) is 27.4. The minimum atomic E-state index is -3.98. The number of fused-ring (bicyclic) bond motifs is 1. The van der Waals surface area contributed by atoms with Gasteiger partial charge in [0.05, 0.1) is 16.3 Å². The summed E-state index contributed by atoms with van der Waals surface area (Å²) < 4.78 is 29.0.